The van der Waals surface area contributed by atoms with Crippen molar-refractivity contribution in [1.82, 2.24) is 19.4 Å². The lowest BCUT2D eigenvalue weighted by atomic mass is 10.2. The van der Waals surface area contributed by atoms with E-state index < -0.39 is 0 Å². The van der Waals surface area contributed by atoms with E-state index in [1.807, 2.05) is 19.2 Å². The predicted molar refractivity (Wildman–Crippen MR) is 117 cm³/mol. The molecular formula is C23H27N5O2. The molecule has 1 saturated heterocycles. The van der Waals surface area contributed by atoms with Gasteiger partial charge in [0.2, 0.25) is 11.4 Å². The van der Waals surface area contributed by atoms with Gasteiger partial charge in [-0.15, -0.1) is 0 Å². The minimum Gasteiger partial charge on any atom is -0.477 e. The zero-order valence-corrected chi connectivity index (χ0v) is 17.3. The van der Waals surface area contributed by atoms with Gasteiger partial charge in [0.1, 0.15) is 6.33 Å². The van der Waals surface area contributed by atoms with Crippen molar-refractivity contribution in [3.05, 3.63) is 58.8 Å². The Kier molecular flexibility index (Phi) is 5.12. The Bertz CT molecular complexity index is 1100. The van der Waals surface area contributed by atoms with Crippen LogP contribution in [0.25, 0.3) is 10.9 Å². The molecule has 2 aromatic heterocycles. The number of aromatic nitrogens is 3. The Morgan fingerprint density at radius 2 is 1.90 bits per heavy atom. The van der Waals surface area contributed by atoms with Crippen molar-refractivity contribution in [2.45, 2.75) is 19.4 Å². The quantitative estimate of drug-likeness (QED) is 0.628. The fourth-order valence-electron chi connectivity index (χ4n) is 3.97. The number of hydrogen-bond donors (Lipinski definition) is 0. The monoisotopic (exact) mass is 405 g/mol. The van der Waals surface area contributed by atoms with Crippen LogP contribution < -0.4 is 15.2 Å². The summed E-state index contributed by atoms with van der Waals surface area (Å²) in [6.45, 7) is 5.34. The van der Waals surface area contributed by atoms with E-state index in [-0.39, 0.29) is 5.56 Å². The lowest BCUT2D eigenvalue weighted by Crippen LogP contribution is -2.46. The summed E-state index contributed by atoms with van der Waals surface area (Å²) < 4.78 is 7.72. The molecule has 1 aromatic carbocycles. The van der Waals surface area contributed by atoms with Crippen LogP contribution in [0, 0.1) is 5.92 Å². The molecule has 5 rings (SSSR count). The van der Waals surface area contributed by atoms with Gasteiger partial charge in [0.15, 0.2) is 0 Å². The second-order valence-corrected chi connectivity index (χ2v) is 8.31. The topological polar surface area (TPSA) is 63.5 Å². The molecule has 0 spiro atoms. The molecule has 1 saturated carbocycles. The summed E-state index contributed by atoms with van der Waals surface area (Å²) in [6.07, 6.45) is 4.10. The van der Waals surface area contributed by atoms with Gasteiger partial charge in [-0.05, 0) is 43.0 Å². The van der Waals surface area contributed by atoms with E-state index in [2.05, 4.69) is 38.0 Å². The van der Waals surface area contributed by atoms with E-state index >= 15 is 0 Å². The fraction of sp³-hybridized carbons (Fsp3) is 0.435. The Hall–Kier alpha value is -2.93. The minimum atomic E-state index is 0.0456. The third-order valence-electron chi connectivity index (χ3n) is 6.15. The molecular weight excluding hydrogens is 378 g/mol. The summed E-state index contributed by atoms with van der Waals surface area (Å²) >= 11 is 0. The third-order valence-corrected chi connectivity index (χ3v) is 6.15. The Morgan fingerprint density at radius 3 is 2.70 bits per heavy atom. The van der Waals surface area contributed by atoms with Crippen LogP contribution in [0.4, 0.5) is 5.69 Å². The summed E-state index contributed by atoms with van der Waals surface area (Å²) in [5.41, 5.74) is 3.20. The Morgan fingerprint density at radius 1 is 1.07 bits per heavy atom. The number of fused-ring (bicyclic) bond motifs is 1. The highest BCUT2D eigenvalue weighted by atomic mass is 16.5. The lowest BCUT2D eigenvalue weighted by Gasteiger charge is -2.36. The second kappa shape index (κ2) is 8.07. The van der Waals surface area contributed by atoms with Crippen molar-refractivity contribution in [2.24, 2.45) is 13.0 Å². The average molecular weight is 406 g/mol. The average Bonchev–Trinajstić information content (AvgIpc) is 3.60. The highest BCUT2D eigenvalue weighted by Crippen LogP contribution is 2.32. The number of benzene rings is 1. The van der Waals surface area contributed by atoms with Crippen molar-refractivity contribution >= 4 is 16.6 Å². The van der Waals surface area contributed by atoms with Gasteiger partial charge < -0.3 is 14.2 Å². The van der Waals surface area contributed by atoms with Gasteiger partial charge >= 0.3 is 0 Å². The number of hydrogen-bond acceptors (Lipinski definition) is 6. The highest BCUT2D eigenvalue weighted by molar-refractivity contribution is 5.86. The summed E-state index contributed by atoms with van der Waals surface area (Å²) in [4.78, 5) is 25.4. The molecule has 2 fully saturated rings. The van der Waals surface area contributed by atoms with E-state index in [0.29, 0.717) is 11.8 Å². The molecule has 2 aliphatic rings. The standard InChI is InChI=1S/C23H27N5O2/c1-26-19(3-2-4-22(26)29)14-27-9-11-28(12-10-27)18-7-8-21-20(13-18)23(25-16-24-21)30-15-17-5-6-17/h2-4,7-8,13,16-17H,5-6,9-12,14-15H2,1H3. The smallest absolute Gasteiger partial charge is 0.250 e. The van der Waals surface area contributed by atoms with Gasteiger partial charge in [0.25, 0.3) is 0 Å². The van der Waals surface area contributed by atoms with Crippen LogP contribution in [0.3, 0.4) is 0 Å². The second-order valence-electron chi connectivity index (χ2n) is 8.31. The molecule has 7 heteroatoms. The normalized spacial score (nSPS) is 17.4. The first-order valence-corrected chi connectivity index (χ1v) is 10.7. The lowest BCUT2D eigenvalue weighted by molar-refractivity contribution is 0.244. The summed E-state index contributed by atoms with van der Waals surface area (Å²) in [6, 6.07) is 11.8. The zero-order valence-electron chi connectivity index (χ0n) is 17.3. The van der Waals surface area contributed by atoms with E-state index in [9.17, 15) is 4.79 Å². The Labute approximate surface area is 175 Å². The molecule has 0 radical (unpaired) electrons. The fourth-order valence-corrected chi connectivity index (χ4v) is 3.97. The molecule has 3 heterocycles. The maximum Gasteiger partial charge on any atom is 0.250 e. The highest BCUT2D eigenvalue weighted by Gasteiger charge is 2.23. The molecule has 30 heavy (non-hydrogen) atoms. The largest absolute Gasteiger partial charge is 0.477 e. The van der Waals surface area contributed by atoms with Crippen molar-refractivity contribution in [2.75, 3.05) is 37.7 Å². The SMILES string of the molecule is Cn1c(CN2CCN(c3ccc4ncnc(OCC5CC5)c4c3)CC2)cccc1=O. The summed E-state index contributed by atoms with van der Waals surface area (Å²) in [5.74, 6) is 1.38. The maximum atomic E-state index is 11.9. The number of nitrogens with zero attached hydrogens (tertiary/aromatic N) is 5. The van der Waals surface area contributed by atoms with Gasteiger partial charge in [-0.3, -0.25) is 9.69 Å². The van der Waals surface area contributed by atoms with Crippen LogP contribution in [0.5, 0.6) is 5.88 Å². The summed E-state index contributed by atoms with van der Waals surface area (Å²) in [7, 11) is 1.84. The van der Waals surface area contributed by atoms with Crippen molar-refractivity contribution in [1.29, 1.82) is 0 Å². The molecule has 3 aromatic rings. The number of pyridine rings is 1. The van der Waals surface area contributed by atoms with Crippen molar-refractivity contribution < 1.29 is 4.74 Å². The first-order chi connectivity index (χ1) is 14.7. The first-order valence-electron chi connectivity index (χ1n) is 10.7. The molecule has 0 bridgehead atoms. The molecule has 0 unspecified atom stereocenters. The van der Waals surface area contributed by atoms with E-state index in [0.717, 1.165) is 55.9 Å². The molecule has 0 atom stereocenters. The van der Waals surface area contributed by atoms with Crippen molar-refractivity contribution in [3.8, 4) is 5.88 Å². The molecule has 1 aliphatic heterocycles. The van der Waals surface area contributed by atoms with Gasteiger partial charge in [0.05, 0.1) is 17.5 Å². The van der Waals surface area contributed by atoms with Crippen LogP contribution in [0.1, 0.15) is 18.5 Å². The first kappa shape index (κ1) is 19.1. The number of ether oxygens (including phenoxy) is 1. The summed E-state index contributed by atoms with van der Waals surface area (Å²) in [5, 5.41) is 0.984. The van der Waals surface area contributed by atoms with Crippen LogP contribution >= 0.6 is 0 Å². The van der Waals surface area contributed by atoms with Crippen LogP contribution in [-0.4, -0.2) is 52.2 Å². The molecule has 0 N–H and O–H groups in total. The third kappa shape index (κ3) is 4.03. The van der Waals surface area contributed by atoms with Crippen molar-refractivity contribution in [3.63, 3.8) is 0 Å². The minimum absolute atomic E-state index is 0.0456. The van der Waals surface area contributed by atoms with Gasteiger partial charge in [-0.2, -0.15) is 0 Å². The van der Waals surface area contributed by atoms with Gasteiger partial charge in [-0.1, -0.05) is 6.07 Å². The molecule has 1 aliphatic carbocycles. The van der Waals surface area contributed by atoms with E-state index in [1.54, 1.807) is 17.0 Å². The van der Waals surface area contributed by atoms with E-state index in [4.69, 9.17) is 4.74 Å². The van der Waals surface area contributed by atoms with Crippen LogP contribution in [0.2, 0.25) is 0 Å². The maximum absolute atomic E-state index is 11.9. The van der Waals surface area contributed by atoms with Crippen LogP contribution in [0.15, 0.2) is 47.5 Å². The molecule has 156 valence electrons. The predicted octanol–water partition coefficient (Wildman–Crippen LogP) is 2.44. The Balaban J connectivity index is 1.27. The molecule has 0 amide bonds. The number of piperazine rings is 1. The van der Waals surface area contributed by atoms with Gasteiger partial charge in [0, 0.05) is 57.2 Å². The van der Waals surface area contributed by atoms with Gasteiger partial charge in [-0.25, -0.2) is 9.97 Å². The number of rotatable bonds is 6. The molecule has 7 nitrogen and oxygen atoms in total. The van der Waals surface area contributed by atoms with E-state index in [1.165, 1.54) is 18.5 Å². The number of anilines is 1. The van der Waals surface area contributed by atoms with Crippen LogP contribution in [-0.2, 0) is 13.6 Å². The zero-order chi connectivity index (χ0) is 20.5.